The molecule has 0 amide bonds. The van der Waals surface area contributed by atoms with Crippen molar-refractivity contribution in [3.63, 3.8) is 0 Å². The zero-order valence-corrected chi connectivity index (χ0v) is 47.3. The molecule has 392 valence electrons. The predicted molar refractivity (Wildman–Crippen MR) is 314 cm³/mol. The van der Waals surface area contributed by atoms with E-state index in [1.54, 1.807) is 0 Å². The number of thiocarbonyl (C=S) groups is 2. The Morgan fingerprint density at radius 1 is 0.314 bits per heavy atom. The normalized spacial score (nSPS) is 24.7. The Bertz CT molecular complexity index is 1660. The molecule has 4 aliphatic carbocycles. The topological polar surface area (TPSA) is 24.7 Å². The van der Waals surface area contributed by atoms with Crippen LogP contribution >= 0.6 is 24.4 Å². The lowest BCUT2D eigenvalue weighted by Gasteiger charge is -2.32. The first-order valence-corrected chi connectivity index (χ1v) is 31.7. The van der Waals surface area contributed by atoms with E-state index in [1.165, 1.54) is 281 Å². The monoisotopic (exact) mass is 991 g/mol. The lowest BCUT2D eigenvalue weighted by atomic mass is 9.74. The third-order valence-electron chi connectivity index (χ3n) is 18.6. The average molecular weight is 992 g/mol. The Balaban J connectivity index is 0.000000261. The molecule has 2 nitrogen and oxygen atoms in total. The highest BCUT2D eigenvalue weighted by molar-refractivity contribution is 7.78. The van der Waals surface area contributed by atoms with Crippen molar-refractivity contribution < 1.29 is 0 Å². The number of aliphatic imine (C=N–C) groups is 2. The minimum absolute atomic E-state index is 0.748. The van der Waals surface area contributed by atoms with E-state index in [4.69, 9.17) is 24.4 Å². The second-order valence-corrected chi connectivity index (χ2v) is 24.3. The Kier molecular flexibility index (Phi) is 31.8. The number of rotatable bonds is 32. The first-order chi connectivity index (χ1) is 34.6. The molecular formula is C66H106N2S2. The molecule has 0 heterocycles. The third-order valence-corrected chi connectivity index (χ3v) is 18.8. The van der Waals surface area contributed by atoms with Crippen molar-refractivity contribution in [2.24, 2.45) is 45.5 Å². The molecule has 0 N–H and O–H groups in total. The van der Waals surface area contributed by atoms with E-state index < -0.39 is 0 Å². The molecule has 0 aromatic heterocycles. The van der Waals surface area contributed by atoms with Gasteiger partial charge in [-0.2, -0.15) is 9.98 Å². The fourth-order valence-corrected chi connectivity index (χ4v) is 13.9. The largest absolute Gasteiger partial charge is 0.195 e. The van der Waals surface area contributed by atoms with Crippen LogP contribution in [-0.2, 0) is 0 Å². The zero-order chi connectivity index (χ0) is 49.1. The van der Waals surface area contributed by atoms with Gasteiger partial charge in [-0.1, -0.05) is 256 Å². The lowest BCUT2D eigenvalue weighted by Crippen LogP contribution is -2.17. The molecule has 0 bridgehead atoms. The Labute approximate surface area is 444 Å². The maximum Gasteiger partial charge on any atom is 0.0739 e. The fraction of sp³-hybridized carbons (Fsp3) is 0.788. The van der Waals surface area contributed by atoms with Gasteiger partial charge in [0.05, 0.1) is 21.7 Å². The molecule has 0 spiro atoms. The van der Waals surface area contributed by atoms with Crippen LogP contribution in [-0.4, -0.2) is 10.3 Å². The van der Waals surface area contributed by atoms with Gasteiger partial charge in [0, 0.05) is 0 Å². The van der Waals surface area contributed by atoms with Gasteiger partial charge in [-0.25, -0.2) is 0 Å². The van der Waals surface area contributed by atoms with Crippen molar-refractivity contribution in [3.05, 3.63) is 59.7 Å². The molecule has 2 aromatic carbocycles. The second kappa shape index (κ2) is 37.7. The molecule has 2 aromatic rings. The molecule has 4 saturated carbocycles. The molecule has 0 atom stereocenters. The predicted octanol–water partition coefficient (Wildman–Crippen LogP) is 23.2. The summed E-state index contributed by atoms with van der Waals surface area (Å²) in [5, 5.41) is 4.93. The number of unbranched alkanes of at least 4 members (excludes halogenated alkanes) is 18. The van der Waals surface area contributed by atoms with Crippen LogP contribution < -0.4 is 0 Å². The molecular weight excluding hydrogens is 885 g/mol. The molecule has 4 aliphatic rings. The first kappa shape index (κ1) is 58.9. The molecule has 0 unspecified atom stereocenters. The smallest absolute Gasteiger partial charge is 0.0739 e. The molecule has 70 heavy (non-hydrogen) atoms. The molecule has 0 aliphatic heterocycles. The highest BCUT2D eigenvalue weighted by atomic mass is 32.1. The summed E-state index contributed by atoms with van der Waals surface area (Å²) in [6, 6.07) is 17.4. The van der Waals surface area contributed by atoms with E-state index in [2.05, 4.69) is 82.7 Å². The molecule has 0 saturated heterocycles. The number of hydrogen-bond donors (Lipinski definition) is 0. The van der Waals surface area contributed by atoms with Gasteiger partial charge in [-0.05, 0) is 159 Å². The number of hydrogen-bond acceptors (Lipinski definition) is 4. The maximum absolute atomic E-state index is 4.71. The summed E-state index contributed by atoms with van der Waals surface area (Å²) in [5.74, 6) is 7.63. The Morgan fingerprint density at radius 3 is 0.800 bits per heavy atom. The molecule has 0 radical (unpaired) electrons. The van der Waals surface area contributed by atoms with E-state index >= 15 is 0 Å². The van der Waals surface area contributed by atoms with Crippen molar-refractivity contribution in [1.29, 1.82) is 0 Å². The van der Waals surface area contributed by atoms with Crippen molar-refractivity contribution >= 4 is 46.1 Å². The summed E-state index contributed by atoms with van der Waals surface area (Å²) in [6.07, 6.45) is 61.7. The van der Waals surface area contributed by atoms with Gasteiger partial charge in [-0.3, -0.25) is 0 Å². The van der Waals surface area contributed by atoms with Crippen LogP contribution in [0.4, 0.5) is 11.4 Å². The average Bonchev–Trinajstić information content (AvgIpc) is 3.40. The quantitative estimate of drug-likeness (QED) is 0.0414. The van der Waals surface area contributed by atoms with E-state index in [9.17, 15) is 0 Å². The molecule has 6 rings (SSSR count). The van der Waals surface area contributed by atoms with E-state index in [-0.39, 0.29) is 0 Å². The number of isothiocyanates is 2. The summed E-state index contributed by atoms with van der Waals surface area (Å²) in [4.78, 5) is 8.16. The van der Waals surface area contributed by atoms with E-state index in [1.807, 2.05) is 0 Å². The van der Waals surface area contributed by atoms with Gasteiger partial charge in [0.2, 0.25) is 0 Å². The molecule has 4 fully saturated rings. The van der Waals surface area contributed by atoms with Crippen molar-refractivity contribution in [2.75, 3.05) is 0 Å². The standard InChI is InChI=1S/C34H55NS.C32H51NS/c1-2-3-4-5-6-7-8-9-10-11-12-13-29-14-16-30(17-15-29)18-19-31-20-22-32(23-21-31)33-24-26-34(27-25-33)35-28-36;1-2-3-4-5-6-7-8-9-10-11-27-12-14-28(15-13-27)16-17-29-18-20-30(21-19-29)31-22-24-32(25-23-31)33-26-34/h24-27,29-32H,2-23H2,1H3;22-25,27-30H,2-21H2,1H3. The number of nitrogens with zero attached hydrogens (tertiary/aromatic N) is 2. The van der Waals surface area contributed by atoms with Crippen LogP contribution in [0.2, 0.25) is 0 Å². The van der Waals surface area contributed by atoms with Gasteiger partial charge >= 0.3 is 0 Å². The van der Waals surface area contributed by atoms with Crippen molar-refractivity contribution in [1.82, 2.24) is 0 Å². The van der Waals surface area contributed by atoms with Crippen LogP contribution in [0.1, 0.15) is 306 Å². The van der Waals surface area contributed by atoms with Crippen LogP contribution in [0.15, 0.2) is 58.5 Å². The van der Waals surface area contributed by atoms with Gasteiger partial charge in [0.1, 0.15) is 0 Å². The minimum Gasteiger partial charge on any atom is -0.195 e. The summed E-state index contributed by atoms with van der Waals surface area (Å²) in [6.45, 7) is 4.61. The summed E-state index contributed by atoms with van der Waals surface area (Å²) < 4.78 is 0. The lowest BCUT2D eigenvalue weighted by molar-refractivity contribution is 0.222. The van der Waals surface area contributed by atoms with Gasteiger partial charge in [0.25, 0.3) is 0 Å². The van der Waals surface area contributed by atoms with Gasteiger partial charge in [-0.15, -0.1) is 0 Å². The number of benzene rings is 2. The van der Waals surface area contributed by atoms with Gasteiger partial charge in [0.15, 0.2) is 0 Å². The first-order valence-electron chi connectivity index (χ1n) is 30.9. The van der Waals surface area contributed by atoms with Crippen LogP contribution in [0, 0.1) is 35.5 Å². The summed E-state index contributed by atoms with van der Waals surface area (Å²) in [5.41, 5.74) is 4.84. The summed E-state index contributed by atoms with van der Waals surface area (Å²) >= 11 is 9.42. The maximum atomic E-state index is 4.71. The van der Waals surface area contributed by atoms with Crippen molar-refractivity contribution in [2.45, 2.75) is 295 Å². The molecule has 4 heteroatoms. The third kappa shape index (κ3) is 24.8. The SMILES string of the molecule is CCCCCCCCCCCC1CCC(CCC2CCC(c3ccc(N=C=S)cc3)CC2)CC1.CCCCCCCCCCCCCC1CCC(CCC2CCC(c3ccc(N=C=S)cc3)CC2)CC1. The summed E-state index contributed by atoms with van der Waals surface area (Å²) in [7, 11) is 0. The fourth-order valence-electron chi connectivity index (χ4n) is 13.7. The van der Waals surface area contributed by atoms with Crippen LogP contribution in [0.5, 0.6) is 0 Å². The zero-order valence-electron chi connectivity index (χ0n) is 45.6. The Morgan fingerprint density at radius 2 is 0.543 bits per heavy atom. The van der Waals surface area contributed by atoms with Gasteiger partial charge < -0.3 is 0 Å². The van der Waals surface area contributed by atoms with E-state index in [0.29, 0.717) is 0 Å². The van der Waals surface area contributed by atoms with Crippen LogP contribution in [0.25, 0.3) is 0 Å². The minimum atomic E-state index is 0.748. The Hall–Kier alpha value is -1.96. The highest BCUT2D eigenvalue weighted by Gasteiger charge is 2.27. The van der Waals surface area contributed by atoms with E-state index in [0.717, 1.165) is 58.7 Å². The van der Waals surface area contributed by atoms with Crippen LogP contribution in [0.3, 0.4) is 0 Å². The second-order valence-electron chi connectivity index (χ2n) is 23.9. The highest BCUT2D eigenvalue weighted by Crippen LogP contribution is 2.42. The van der Waals surface area contributed by atoms with Crippen molar-refractivity contribution in [3.8, 4) is 0 Å².